The number of benzene rings is 9. The molecule has 0 fully saturated rings. The highest BCUT2D eigenvalue weighted by molar-refractivity contribution is 6.14. The third kappa shape index (κ3) is 5.10. The molecule has 9 aromatic carbocycles. The van der Waals surface area contributed by atoms with Gasteiger partial charge >= 0.3 is 0 Å². The average Bonchev–Trinajstić information content (AvgIpc) is 3.60. The molecule has 0 spiro atoms. The van der Waals surface area contributed by atoms with Crippen molar-refractivity contribution in [2.75, 3.05) is 0 Å². The van der Waals surface area contributed by atoms with Gasteiger partial charge in [-0.15, -0.1) is 0 Å². The maximum Gasteiger partial charge on any atom is 0.0544 e. The van der Waals surface area contributed by atoms with Crippen LogP contribution in [-0.4, -0.2) is 4.98 Å². The monoisotopic (exact) mass is 647 g/mol. The zero-order valence-corrected chi connectivity index (χ0v) is 28.0. The first-order valence-corrected chi connectivity index (χ1v) is 17.6. The summed E-state index contributed by atoms with van der Waals surface area (Å²) >= 11 is 0. The van der Waals surface area contributed by atoms with Gasteiger partial charge in [-0.25, -0.2) is 0 Å². The van der Waals surface area contributed by atoms with Gasteiger partial charge in [0.15, 0.2) is 0 Å². The van der Waals surface area contributed by atoms with Crippen LogP contribution in [0.4, 0.5) is 0 Å². The summed E-state index contributed by atoms with van der Waals surface area (Å²) in [4.78, 5) is 3.66. The fourth-order valence-corrected chi connectivity index (χ4v) is 7.85. The second-order valence-corrected chi connectivity index (χ2v) is 13.4. The Labute approximate surface area is 297 Å². The molecule has 0 bridgehead atoms. The molecule has 0 unspecified atom stereocenters. The summed E-state index contributed by atoms with van der Waals surface area (Å²) < 4.78 is 0. The molecule has 10 aromatic rings. The number of aromatic nitrogens is 1. The number of para-hydroxylation sites is 2. The molecule has 1 heteroatoms. The predicted octanol–water partition coefficient (Wildman–Crippen LogP) is 14.0. The van der Waals surface area contributed by atoms with Crippen LogP contribution in [0.1, 0.15) is 0 Å². The smallest absolute Gasteiger partial charge is 0.0544 e. The minimum atomic E-state index is 1.17. The Morgan fingerprint density at radius 2 is 0.725 bits per heavy atom. The first kappa shape index (κ1) is 29.2. The van der Waals surface area contributed by atoms with Crippen molar-refractivity contribution in [1.29, 1.82) is 0 Å². The lowest BCUT2D eigenvalue weighted by Gasteiger charge is -2.12. The topological polar surface area (TPSA) is 15.8 Å². The Morgan fingerprint density at radius 3 is 1.39 bits per heavy atom. The Bertz CT molecular complexity index is 2890. The van der Waals surface area contributed by atoms with Crippen molar-refractivity contribution < 1.29 is 0 Å². The van der Waals surface area contributed by atoms with E-state index >= 15 is 0 Å². The van der Waals surface area contributed by atoms with Crippen molar-refractivity contribution in [2.45, 2.75) is 0 Å². The zero-order chi connectivity index (χ0) is 33.7. The second-order valence-electron chi connectivity index (χ2n) is 13.4. The lowest BCUT2D eigenvalue weighted by molar-refractivity contribution is 1.53. The van der Waals surface area contributed by atoms with Crippen molar-refractivity contribution in [3.8, 4) is 55.6 Å². The van der Waals surface area contributed by atoms with E-state index in [1.165, 1.54) is 99.0 Å². The van der Waals surface area contributed by atoms with E-state index in [4.69, 9.17) is 0 Å². The van der Waals surface area contributed by atoms with Crippen LogP contribution in [0, 0.1) is 0 Å². The summed E-state index contributed by atoms with van der Waals surface area (Å²) in [5.74, 6) is 0. The fraction of sp³-hybridized carbons (Fsp3) is 0. The van der Waals surface area contributed by atoms with E-state index in [9.17, 15) is 0 Å². The van der Waals surface area contributed by atoms with Gasteiger partial charge in [0.25, 0.3) is 0 Å². The summed E-state index contributed by atoms with van der Waals surface area (Å²) in [7, 11) is 0. The lowest BCUT2D eigenvalue weighted by Crippen LogP contribution is -1.86. The lowest BCUT2D eigenvalue weighted by atomic mass is 9.92. The SMILES string of the molecule is c1cc(-c2ccc(-c3cc4ccccc4c4ccccc34)cc2)cc(-c2cccc(-c3ccc(-c4cccc5c4[nH]c4ccccc45)cc3)c2)c1. The number of rotatable bonds is 5. The van der Waals surface area contributed by atoms with Crippen LogP contribution in [0.2, 0.25) is 0 Å². The van der Waals surface area contributed by atoms with E-state index < -0.39 is 0 Å². The molecule has 10 rings (SSSR count). The molecule has 0 aliphatic rings. The molecule has 1 aromatic heterocycles. The molecule has 238 valence electrons. The molecule has 0 aliphatic carbocycles. The first-order valence-electron chi connectivity index (χ1n) is 17.6. The standard InChI is InChI=1S/C50H33N/c1-2-15-42-41(10-1)32-48(45-17-4-3-16-44(42)45)36-28-24-34(25-29-36)38-12-8-14-40(31-38)39-13-7-11-37(30-39)33-22-26-35(27-23-33)43-19-9-20-47-46-18-5-6-21-49(46)51-50(43)47/h1-32,51H. The maximum atomic E-state index is 3.66. The molecule has 0 atom stereocenters. The molecule has 0 aliphatic heterocycles. The highest BCUT2D eigenvalue weighted by atomic mass is 14.7. The third-order valence-corrected chi connectivity index (χ3v) is 10.4. The van der Waals surface area contributed by atoms with Gasteiger partial charge in [-0.05, 0) is 95.9 Å². The molecule has 1 N–H and O–H groups in total. The number of hydrogen-bond acceptors (Lipinski definition) is 0. The average molecular weight is 648 g/mol. The zero-order valence-electron chi connectivity index (χ0n) is 28.0. The van der Waals surface area contributed by atoms with E-state index in [2.05, 4.69) is 199 Å². The van der Waals surface area contributed by atoms with Gasteiger partial charge in [-0.2, -0.15) is 0 Å². The van der Waals surface area contributed by atoms with Crippen LogP contribution in [0.25, 0.3) is 99.0 Å². The molecule has 0 saturated carbocycles. The van der Waals surface area contributed by atoms with Gasteiger partial charge < -0.3 is 4.98 Å². The van der Waals surface area contributed by atoms with Crippen molar-refractivity contribution in [3.63, 3.8) is 0 Å². The summed E-state index contributed by atoms with van der Waals surface area (Å²) in [5, 5.41) is 7.67. The van der Waals surface area contributed by atoms with Gasteiger partial charge in [0.1, 0.15) is 0 Å². The van der Waals surface area contributed by atoms with Gasteiger partial charge in [0, 0.05) is 21.9 Å². The van der Waals surface area contributed by atoms with Gasteiger partial charge in [-0.1, -0.05) is 170 Å². The first-order chi connectivity index (χ1) is 25.3. The van der Waals surface area contributed by atoms with Crippen LogP contribution in [0.15, 0.2) is 194 Å². The number of fused-ring (bicyclic) bond motifs is 6. The molecule has 0 radical (unpaired) electrons. The summed E-state index contributed by atoms with van der Waals surface area (Å²) in [5.41, 5.74) is 14.5. The fourth-order valence-electron chi connectivity index (χ4n) is 7.85. The van der Waals surface area contributed by atoms with Crippen LogP contribution in [-0.2, 0) is 0 Å². The molecule has 51 heavy (non-hydrogen) atoms. The number of hydrogen-bond donors (Lipinski definition) is 1. The molecule has 1 heterocycles. The van der Waals surface area contributed by atoms with Crippen LogP contribution < -0.4 is 0 Å². The van der Waals surface area contributed by atoms with Gasteiger partial charge in [-0.3, -0.25) is 0 Å². The minimum Gasteiger partial charge on any atom is -0.354 e. The van der Waals surface area contributed by atoms with Gasteiger partial charge in [0.2, 0.25) is 0 Å². The van der Waals surface area contributed by atoms with E-state index in [0.29, 0.717) is 0 Å². The van der Waals surface area contributed by atoms with Crippen molar-refractivity contribution >= 4 is 43.4 Å². The number of nitrogens with one attached hydrogen (secondary N) is 1. The Hall–Kier alpha value is -6.70. The summed E-state index contributed by atoms with van der Waals surface area (Å²) in [6.45, 7) is 0. The minimum absolute atomic E-state index is 1.17. The maximum absolute atomic E-state index is 3.66. The molecule has 0 amide bonds. The second kappa shape index (κ2) is 12.0. The van der Waals surface area contributed by atoms with Crippen LogP contribution >= 0.6 is 0 Å². The number of H-pyrrole nitrogens is 1. The summed E-state index contributed by atoms with van der Waals surface area (Å²) in [6, 6.07) is 70.6. The predicted molar refractivity (Wildman–Crippen MR) is 218 cm³/mol. The Kier molecular flexibility index (Phi) is 6.89. The molecule has 1 nitrogen and oxygen atoms in total. The Balaban J connectivity index is 0.943. The largest absolute Gasteiger partial charge is 0.354 e. The molecular formula is C50H33N. The quantitative estimate of drug-likeness (QED) is 0.179. The molecule has 0 saturated heterocycles. The van der Waals surface area contributed by atoms with Crippen LogP contribution in [0.5, 0.6) is 0 Å². The van der Waals surface area contributed by atoms with Gasteiger partial charge in [0.05, 0.1) is 5.52 Å². The molecular weight excluding hydrogens is 615 g/mol. The van der Waals surface area contributed by atoms with Crippen molar-refractivity contribution in [1.82, 2.24) is 4.98 Å². The summed E-state index contributed by atoms with van der Waals surface area (Å²) in [6.07, 6.45) is 0. The van der Waals surface area contributed by atoms with E-state index in [1.807, 2.05) is 0 Å². The Morgan fingerprint density at radius 1 is 0.255 bits per heavy atom. The van der Waals surface area contributed by atoms with E-state index in [-0.39, 0.29) is 0 Å². The van der Waals surface area contributed by atoms with E-state index in [0.717, 1.165) is 0 Å². The van der Waals surface area contributed by atoms with Crippen LogP contribution in [0.3, 0.4) is 0 Å². The number of aromatic amines is 1. The third-order valence-electron chi connectivity index (χ3n) is 10.4. The van der Waals surface area contributed by atoms with E-state index in [1.54, 1.807) is 0 Å². The van der Waals surface area contributed by atoms with Crippen molar-refractivity contribution in [2.24, 2.45) is 0 Å². The normalized spacial score (nSPS) is 11.5. The highest BCUT2D eigenvalue weighted by Gasteiger charge is 2.12. The highest BCUT2D eigenvalue weighted by Crippen LogP contribution is 2.37. The van der Waals surface area contributed by atoms with Crippen molar-refractivity contribution in [3.05, 3.63) is 194 Å².